The molecule has 8 nitrogen and oxygen atoms in total. The number of nitrogens with one attached hydrogen (secondary N) is 1. The minimum absolute atomic E-state index is 0.0802. The van der Waals surface area contributed by atoms with E-state index < -0.39 is 5.97 Å². The molecule has 1 saturated heterocycles. The average molecular weight is 490 g/mol. The lowest BCUT2D eigenvalue weighted by molar-refractivity contribution is 0.0696. The van der Waals surface area contributed by atoms with E-state index in [2.05, 4.69) is 15.2 Å². The highest BCUT2D eigenvalue weighted by Gasteiger charge is 2.21. The summed E-state index contributed by atoms with van der Waals surface area (Å²) in [5, 5.41) is 12.0. The zero-order valence-electron chi connectivity index (χ0n) is 20.5. The van der Waals surface area contributed by atoms with Crippen LogP contribution in [-0.4, -0.2) is 47.8 Å². The second-order valence-electron chi connectivity index (χ2n) is 9.12. The van der Waals surface area contributed by atoms with E-state index in [0.717, 1.165) is 37.5 Å². The number of anilines is 2. The van der Waals surface area contributed by atoms with Crippen LogP contribution < -0.4 is 19.7 Å². The molecule has 0 bridgehead atoms. The second-order valence-corrected chi connectivity index (χ2v) is 9.12. The zero-order valence-corrected chi connectivity index (χ0v) is 20.5. The number of piperidine rings is 1. The van der Waals surface area contributed by atoms with Crippen LogP contribution in [0.25, 0.3) is 0 Å². The Morgan fingerprint density at radius 3 is 2.42 bits per heavy atom. The number of hydrogen-bond acceptors (Lipinski definition) is 6. The van der Waals surface area contributed by atoms with Crippen molar-refractivity contribution in [3.8, 4) is 11.5 Å². The van der Waals surface area contributed by atoms with Crippen LogP contribution >= 0.6 is 0 Å². The average Bonchev–Trinajstić information content (AvgIpc) is 2.88. The van der Waals surface area contributed by atoms with Crippen molar-refractivity contribution in [1.29, 1.82) is 0 Å². The van der Waals surface area contributed by atoms with Gasteiger partial charge in [0.05, 0.1) is 30.2 Å². The molecule has 8 heteroatoms. The van der Waals surface area contributed by atoms with Gasteiger partial charge in [-0.1, -0.05) is 6.07 Å². The predicted octanol–water partition coefficient (Wildman–Crippen LogP) is 5.11. The lowest BCUT2D eigenvalue weighted by Gasteiger charge is -2.32. The summed E-state index contributed by atoms with van der Waals surface area (Å²) in [4.78, 5) is 30.4. The summed E-state index contributed by atoms with van der Waals surface area (Å²) in [6.07, 6.45) is 3.66. The van der Waals surface area contributed by atoms with E-state index in [0.29, 0.717) is 29.5 Å². The van der Waals surface area contributed by atoms with Gasteiger partial charge < -0.3 is 24.8 Å². The minimum atomic E-state index is -0.960. The molecule has 2 aromatic carbocycles. The Morgan fingerprint density at radius 2 is 1.78 bits per heavy atom. The number of carbonyl (C=O) groups excluding carboxylic acids is 1. The molecule has 1 aliphatic rings. The van der Waals surface area contributed by atoms with Crippen molar-refractivity contribution >= 4 is 23.4 Å². The maximum absolute atomic E-state index is 12.6. The van der Waals surface area contributed by atoms with E-state index in [1.54, 1.807) is 54.7 Å². The number of hydrogen-bond donors (Lipinski definition) is 2. The first-order valence-corrected chi connectivity index (χ1v) is 12.1. The monoisotopic (exact) mass is 489 g/mol. The first-order valence-electron chi connectivity index (χ1n) is 12.1. The Bertz CT molecular complexity index is 1170. The van der Waals surface area contributed by atoms with Gasteiger partial charge in [-0.3, -0.25) is 4.79 Å². The molecule has 0 atom stereocenters. The number of benzene rings is 2. The highest BCUT2D eigenvalue weighted by atomic mass is 16.5. The van der Waals surface area contributed by atoms with Crippen LogP contribution in [0.1, 0.15) is 47.4 Å². The van der Waals surface area contributed by atoms with Crippen molar-refractivity contribution in [3.05, 3.63) is 78.0 Å². The molecule has 0 radical (unpaired) electrons. The van der Waals surface area contributed by atoms with Crippen molar-refractivity contribution in [1.82, 2.24) is 4.98 Å². The number of rotatable bonds is 9. The standard InChI is InChI=1S/C28H31N3O5/c1-19(2)36-24-9-6-21(7-10-24)27(32)30-23-8-11-26(29-17-23)31-14-12-20(13-15-31)18-35-25-5-3-4-22(16-25)28(33)34/h3-11,16-17,19-20H,12-15,18H2,1-2H3,(H,30,32)(H,33,34). The first kappa shape index (κ1) is 25.0. The molecule has 0 aliphatic carbocycles. The number of carboxylic acids is 1. The van der Waals surface area contributed by atoms with Crippen LogP contribution in [0.5, 0.6) is 11.5 Å². The fraction of sp³-hybridized carbons (Fsp3) is 0.321. The summed E-state index contributed by atoms with van der Waals surface area (Å²) in [6, 6.07) is 17.4. The summed E-state index contributed by atoms with van der Waals surface area (Å²) < 4.78 is 11.5. The first-order chi connectivity index (χ1) is 17.4. The van der Waals surface area contributed by atoms with Gasteiger partial charge in [-0.2, -0.15) is 0 Å². The van der Waals surface area contributed by atoms with Crippen LogP contribution in [0.4, 0.5) is 11.5 Å². The SMILES string of the molecule is CC(C)Oc1ccc(C(=O)Nc2ccc(N3CCC(COc4cccc(C(=O)O)c4)CC3)nc2)cc1. The molecule has 188 valence electrons. The molecule has 0 saturated carbocycles. The summed E-state index contributed by atoms with van der Waals surface area (Å²) in [5.41, 5.74) is 1.41. The van der Waals surface area contributed by atoms with Crippen LogP contribution in [0, 0.1) is 5.92 Å². The third-order valence-corrected chi connectivity index (χ3v) is 6.00. The third-order valence-electron chi connectivity index (χ3n) is 6.00. The largest absolute Gasteiger partial charge is 0.493 e. The second kappa shape index (κ2) is 11.6. The van der Waals surface area contributed by atoms with E-state index in [1.807, 2.05) is 26.0 Å². The van der Waals surface area contributed by atoms with Gasteiger partial charge in [0, 0.05) is 18.7 Å². The zero-order chi connectivity index (χ0) is 25.5. The molecule has 4 rings (SSSR count). The number of aromatic carboxylic acids is 1. The molecule has 3 aromatic rings. The van der Waals surface area contributed by atoms with Gasteiger partial charge in [-0.05, 0) is 87.2 Å². The quantitative estimate of drug-likeness (QED) is 0.430. The van der Waals surface area contributed by atoms with Crippen molar-refractivity contribution in [2.24, 2.45) is 5.92 Å². The molecule has 2 heterocycles. The normalized spacial score (nSPS) is 13.9. The van der Waals surface area contributed by atoms with Crippen molar-refractivity contribution in [2.45, 2.75) is 32.8 Å². The molecule has 1 fully saturated rings. The molecular weight excluding hydrogens is 458 g/mol. The Morgan fingerprint density at radius 1 is 1.03 bits per heavy atom. The van der Waals surface area contributed by atoms with E-state index in [9.17, 15) is 9.59 Å². The fourth-order valence-corrected chi connectivity index (χ4v) is 4.07. The molecule has 2 N–H and O–H groups in total. The molecule has 0 spiro atoms. The topological polar surface area (TPSA) is 101 Å². The summed E-state index contributed by atoms with van der Waals surface area (Å²) in [5.74, 6) is 1.42. The lowest BCUT2D eigenvalue weighted by Crippen LogP contribution is -2.36. The van der Waals surface area contributed by atoms with Crippen LogP contribution in [0.3, 0.4) is 0 Å². The molecule has 1 amide bonds. The highest BCUT2D eigenvalue weighted by molar-refractivity contribution is 6.04. The molecule has 1 aromatic heterocycles. The van der Waals surface area contributed by atoms with E-state index in [-0.39, 0.29) is 17.6 Å². The highest BCUT2D eigenvalue weighted by Crippen LogP contribution is 2.24. The summed E-state index contributed by atoms with van der Waals surface area (Å²) in [7, 11) is 0. The Hall–Kier alpha value is -4.07. The van der Waals surface area contributed by atoms with Crippen molar-refractivity contribution in [2.75, 3.05) is 29.9 Å². The van der Waals surface area contributed by atoms with Gasteiger partial charge in [0.1, 0.15) is 17.3 Å². The molecular formula is C28H31N3O5. The number of aromatic nitrogens is 1. The van der Waals surface area contributed by atoms with Crippen LogP contribution in [-0.2, 0) is 0 Å². The van der Waals surface area contributed by atoms with Gasteiger partial charge >= 0.3 is 5.97 Å². The van der Waals surface area contributed by atoms with Gasteiger partial charge in [0.2, 0.25) is 0 Å². The number of ether oxygens (including phenoxy) is 2. The third kappa shape index (κ3) is 6.75. The van der Waals surface area contributed by atoms with Gasteiger partial charge in [-0.15, -0.1) is 0 Å². The molecule has 0 unspecified atom stereocenters. The lowest BCUT2D eigenvalue weighted by atomic mass is 9.98. The maximum atomic E-state index is 12.6. The van der Waals surface area contributed by atoms with Gasteiger partial charge in [0.25, 0.3) is 5.91 Å². The minimum Gasteiger partial charge on any atom is -0.493 e. The fourth-order valence-electron chi connectivity index (χ4n) is 4.07. The molecule has 36 heavy (non-hydrogen) atoms. The number of pyridine rings is 1. The Labute approximate surface area is 210 Å². The molecule has 1 aliphatic heterocycles. The smallest absolute Gasteiger partial charge is 0.335 e. The van der Waals surface area contributed by atoms with Gasteiger partial charge in [-0.25, -0.2) is 9.78 Å². The predicted molar refractivity (Wildman–Crippen MR) is 138 cm³/mol. The van der Waals surface area contributed by atoms with E-state index in [1.165, 1.54) is 0 Å². The van der Waals surface area contributed by atoms with Crippen molar-refractivity contribution in [3.63, 3.8) is 0 Å². The number of amides is 1. The number of carboxylic acid groups (broad SMARTS) is 1. The van der Waals surface area contributed by atoms with Crippen LogP contribution in [0.2, 0.25) is 0 Å². The maximum Gasteiger partial charge on any atom is 0.335 e. The Kier molecular flexibility index (Phi) is 8.05. The summed E-state index contributed by atoms with van der Waals surface area (Å²) >= 11 is 0. The Balaban J connectivity index is 1.24. The number of nitrogens with zero attached hydrogens (tertiary/aromatic N) is 2. The van der Waals surface area contributed by atoms with E-state index >= 15 is 0 Å². The van der Waals surface area contributed by atoms with Crippen molar-refractivity contribution < 1.29 is 24.2 Å². The van der Waals surface area contributed by atoms with Crippen LogP contribution in [0.15, 0.2) is 66.9 Å². The van der Waals surface area contributed by atoms with Gasteiger partial charge in [0.15, 0.2) is 0 Å². The summed E-state index contributed by atoms with van der Waals surface area (Å²) in [6.45, 7) is 6.18. The van der Waals surface area contributed by atoms with E-state index in [4.69, 9.17) is 14.6 Å². The number of carbonyl (C=O) groups is 2.